The van der Waals surface area contributed by atoms with E-state index in [1.54, 1.807) is 7.11 Å². The Hall–Kier alpha value is -2.99. The summed E-state index contributed by atoms with van der Waals surface area (Å²) in [5.74, 6) is 0.651. The molecule has 0 unspecified atom stereocenters. The summed E-state index contributed by atoms with van der Waals surface area (Å²) in [4.78, 5) is 13.2. The van der Waals surface area contributed by atoms with Crippen molar-refractivity contribution in [3.8, 4) is 0 Å². The molecule has 1 atom stereocenters. The largest absolute Gasteiger partial charge is 0.383 e. The molecule has 1 fully saturated rings. The molecule has 2 aromatic carbocycles. The van der Waals surface area contributed by atoms with Crippen molar-refractivity contribution >= 4 is 10.9 Å². The zero-order valence-corrected chi connectivity index (χ0v) is 21.4. The molecule has 2 aromatic heterocycles. The molecule has 0 amide bonds. The highest BCUT2D eigenvalue weighted by Gasteiger charge is 2.31. The topological polar surface area (TPSA) is 44.4 Å². The van der Waals surface area contributed by atoms with Crippen LogP contribution < -0.4 is 0 Å². The Labute approximate surface area is 215 Å². The van der Waals surface area contributed by atoms with Gasteiger partial charge in [-0.05, 0) is 73.0 Å². The Kier molecular flexibility index (Phi) is 8.44. The Morgan fingerprint density at radius 2 is 1.78 bits per heavy atom. The number of aromatic nitrogens is 2. The molecule has 1 N–H and O–H groups in total. The van der Waals surface area contributed by atoms with Crippen molar-refractivity contribution < 1.29 is 4.74 Å². The molecule has 5 heteroatoms. The van der Waals surface area contributed by atoms with E-state index in [0.717, 1.165) is 45.8 Å². The fraction of sp³-hybridized carbons (Fsp3) is 0.387. The van der Waals surface area contributed by atoms with Crippen molar-refractivity contribution in [3.05, 3.63) is 102 Å². The van der Waals surface area contributed by atoms with Gasteiger partial charge in [-0.1, -0.05) is 54.6 Å². The zero-order chi connectivity index (χ0) is 24.6. The van der Waals surface area contributed by atoms with Crippen LogP contribution in [0.15, 0.2) is 85.2 Å². The predicted octanol–water partition coefficient (Wildman–Crippen LogP) is 5.53. The van der Waals surface area contributed by atoms with E-state index < -0.39 is 0 Å². The quantitative estimate of drug-likeness (QED) is 0.305. The van der Waals surface area contributed by atoms with Gasteiger partial charge in [0.05, 0.1) is 6.61 Å². The summed E-state index contributed by atoms with van der Waals surface area (Å²) in [6.45, 7) is 5.84. The van der Waals surface area contributed by atoms with Gasteiger partial charge in [-0.25, -0.2) is 0 Å². The smallest absolute Gasteiger partial charge is 0.0589 e. The van der Waals surface area contributed by atoms with Crippen LogP contribution >= 0.6 is 0 Å². The van der Waals surface area contributed by atoms with Gasteiger partial charge in [-0.2, -0.15) is 0 Å². The van der Waals surface area contributed by atoms with Crippen molar-refractivity contribution in [2.45, 2.75) is 38.4 Å². The highest BCUT2D eigenvalue weighted by molar-refractivity contribution is 5.80. The molecular weight excluding hydrogens is 444 g/mol. The van der Waals surface area contributed by atoms with Gasteiger partial charge in [-0.15, -0.1) is 0 Å². The number of piperidine rings is 1. The fourth-order valence-corrected chi connectivity index (χ4v) is 5.70. The number of methoxy groups -OCH3 is 1. The van der Waals surface area contributed by atoms with Crippen molar-refractivity contribution in [3.63, 3.8) is 0 Å². The lowest BCUT2D eigenvalue weighted by Crippen LogP contribution is -2.47. The first-order valence-electron chi connectivity index (χ1n) is 13.2. The molecule has 0 saturated carbocycles. The van der Waals surface area contributed by atoms with E-state index >= 15 is 0 Å². The molecule has 0 aliphatic carbocycles. The number of benzene rings is 2. The second-order valence-electron chi connectivity index (χ2n) is 10.1. The average Bonchev–Trinajstić information content (AvgIpc) is 3.34. The summed E-state index contributed by atoms with van der Waals surface area (Å²) in [6.07, 6.45) is 7.36. The van der Waals surface area contributed by atoms with Crippen molar-refractivity contribution in [1.82, 2.24) is 19.8 Å². The lowest BCUT2D eigenvalue weighted by Gasteiger charge is -2.41. The lowest BCUT2D eigenvalue weighted by molar-refractivity contribution is 0.0569. The van der Waals surface area contributed by atoms with Crippen molar-refractivity contribution in [1.29, 1.82) is 0 Å². The summed E-state index contributed by atoms with van der Waals surface area (Å²) < 4.78 is 5.54. The molecular formula is C31H38N4O. The third-order valence-electron chi connectivity index (χ3n) is 7.60. The van der Waals surface area contributed by atoms with E-state index in [0.29, 0.717) is 12.0 Å². The predicted molar refractivity (Wildman–Crippen MR) is 147 cm³/mol. The van der Waals surface area contributed by atoms with Crippen LogP contribution in [0.2, 0.25) is 0 Å². The monoisotopic (exact) mass is 482 g/mol. The van der Waals surface area contributed by atoms with Crippen LogP contribution in [0.5, 0.6) is 0 Å². The molecule has 5 rings (SSSR count). The second kappa shape index (κ2) is 12.3. The molecule has 1 saturated heterocycles. The molecule has 1 aliphatic rings. The maximum absolute atomic E-state index is 5.54. The van der Waals surface area contributed by atoms with E-state index in [-0.39, 0.29) is 0 Å². The standard InChI is InChI=1S/C31H38N4O/c1-36-19-18-35(23-26-10-7-15-32-22-26)31(20-25-8-3-2-4-9-25)27-13-16-34(17-14-27)24-29-21-28-11-5-6-12-30(28)33-29/h2-12,15,21-22,27,31,33H,13-14,16-20,23-24H2,1H3/t31-/m1/s1. The Morgan fingerprint density at radius 3 is 2.53 bits per heavy atom. The lowest BCUT2D eigenvalue weighted by atomic mass is 9.84. The maximum atomic E-state index is 5.54. The van der Waals surface area contributed by atoms with Crippen molar-refractivity contribution in [2.24, 2.45) is 5.92 Å². The molecule has 4 aromatic rings. The second-order valence-corrected chi connectivity index (χ2v) is 10.1. The third kappa shape index (κ3) is 6.41. The Bertz CT molecular complexity index is 1150. The summed E-state index contributed by atoms with van der Waals surface area (Å²) in [6, 6.07) is 26.5. The van der Waals surface area contributed by atoms with Crippen molar-refractivity contribution in [2.75, 3.05) is 33.4 Å². The number of aromatic amines is 1. The van der Waals surface area contributed by atoms with E-state index in [2.05, 4.69) is 86.5 Å². The molecule has 36 heavy (non-hydrogen) atoms. The highest BCUT2D eigenvalue weighted by Crippen LogP contribution is 2.29. The Morgan fingerprint density at radius 1 is 1.00 bits per heavy atom. The molecule has 3 heterocycles. The van der Waals surface area contributed by atoms with Gasteiger partial charge >= 0.3 is 0 Å². The summed E-state index contributed by atoms with van der Waals surface area (Å²) in [5.41, 5.74) is 5.22. The minimum Gasteiger partial charge on any atom is -0.383 e. The van der Waals surface area contributed by atoms with Gasteiger partial charge in [0.2, 0.25) is 0 Å². The van der Waals surface area contributed by atoms with Gasteiger partial charge in [0, 0.05) is 56.4 Å². The molecule has 0 bridgehead atoms. The first-order chi connectivity index (χ1) is 17.8. The highest BCUT2D eigenvalue weighted by atomic mass is 16.5. The van der Waals surface area contributed by atoms with Gasteiger partial charge in [-0.3, -0.25) is 14.8 Å². The number of hydrogen-bond acceptors (Lipinski definition) is 4. The van der Waals surface area contributed by atoms with Crippen LogP contribution in [0.3, 0.4) is 0 Å². The number of nitrogens with one attached hydrogen (secondary N) is 1. The molecule has 1 aliphatic heterocycles. The fourth-order valence-electron chi connectivity index (χ4n) is 5.70. The van der Waals surface area contributed by atoms with Crippen LogP contribution in [0.25, 0.3) is 10.9 Å². The minimum absolute atomic E-state index is 0.470. The first kappa shape index (κ1) is 24.7. The van der Waals surface area contributed by atoms with E-state index in [9.17, 15) is 0 Å². The third-order valence-corrected chi connectivity index (χ3v) is 7.60. The molecule has 0 radical (unpaired) electrons. The summed E-state index contributed by atoms with van der Waals surface area (Å²) in [7, 11) is 1.80. The average molecular weight is 483 g/mol. The van der Waals surface area contributed by atoms with E-state index in [4.69, 9.17) is 4.74 Å². The number of rotatable bonds is 11. The minimum atomic E-state index is 0.470. The van der Waals surface area contributed by atoms with E-state index in [1.807, 2.05) is 18.5 Å². The maximum Gasteiger partial charge on any atom is 0.0589 e. The van der Waals surface area contributed by atoms with Gasteiger partial charge in [0.25, 0.3) is 0 Å². The Balaban J connectivity index is 1.29. The zero-order valence-electron chi connectivity index (χ0n) is 21.4. The van der Waals surface area contributed by atoms with Gasteiger partial charge in [0.1, 0.15) is 0 Å². The number of para-hydroxylation sites is 1. The number of likely N-dealkylation sites (tertiary alicyclic amines) is 1. The number of hydrogen-bond donors (Lipinski definition) is 1. The molecule has 5 nitrogen and oxygen atoms in total. The number of ether oxygens (including phenoxy) is 1. The normalized spacial score (nSPS) is 16.1. The number of H-pyrrole nitrogens is 1. The number of nitrogens with zero attached hydrogens (tertiary/aromatic N) is 3. The van der Waals surface area contributed by atoms with Crippen LogP contribution in [-0.2, 0) is 24.2 Å². The van der Waals surface area contributed by atoms with Gasteiger partial charge < -0.3 is 9.72 Å². The van der Waals surface area contributed by atoms with Crippen LogP contribution in [-0.4, -0.2) is 59.2 Å². The van der Waals surface area contributed by atoms with Crippen LogP contribution in [0.4, 0.5) is 0 Å². The van der Waals surface area contributed by atoms with Crippen LogP contribution in [0.1, 0.15) is 29.7 Å². The summed E-state index contributed by atoms with van der Waals surface area (Å²) in [5, 5.41) is 1.30. The van der Waals surface area contributed by atoms with Crippen LogP contribution in [0, 0.1) is 5.92 Å². The first-order valence-corrected chi connectivity index (χ1v) is 13.2. The van der Waals surface area contributed by atoms with Gasteiger partial charge in [0.15, 0.2) is 0 Å². The summed E-state index contributed by atoms with van der Waals surface area (Å²) >= 11 is 0. The number of pyridine rings is 1. The van der Waals surface area contributed by atoms with E-state index in [1.165, 1.54) is 40.6 Å². The molecule has 0 spiro atoms. The SMILES string of the molecule is COCCN(Cc1cccnc1)[C@H](Cc1ccccc1)C1CCN(Cc2cc3ccccc3[nH]2)CC1. The molecule has 188 valence electrons. The number of fused-ring (bicyclic) bond motifs is 1.